The topological polar surface area (TPSA) is 39.7 Å². The first-order valence-corrected chi connectivity index (χ1v) is 7.03. The van der Waals surface area contributed by atoms with Crippen LogP contribution in [0.2, 0.25) is 0 Å². The number of hydrogen-bond donors (Lipinski definition) is 1. The van der Waals surface area contributed by atoms with Crippen LogP contribution in [-0.2, 0) is 16.0 Å². The van der Waals surface area contributed by atoms with E-state index in [1.54, 1.807) is 14.2 Å². The van der Waals surface area contributed by atoms with Crippen LogP contribution in [0.15, 0.2) is 12.1 Å². The van der Waals surface area contributed by atoms with Gasteiger partial charge in [-0.15, -0.1) is 0 Å². The second-order valence-electron chi connectivity index (χ2n) is 5.09. The molecule has 114 valence electrons. The molecule has 0 aromatic heterocycles. The first-order valence-electron chi connectivity index (χ1n) is 7.03. The van der Waals surface area contributed by atoms with Crippen LogP contribution in [-0.4, -0.2) is 40.1 Å². The zero-order chi connectivity index (χ0) is 15.0. The molecular formula is C16H27NO3. The molecule has 0 saturated carbocycles. The van der Waals surface area contributed by atoms with Gasteiger partial charge < -0.3 is 19.5 Å². The van der Waals surface area contributed by atoms with Gasteiger partial charge in [-0.2, -0.15) is 0 Å². The SMILES string of the molecule is COCCNCc1cc(C)c(OCC(C)OC)c(C)c1. The normalized spacial score (nSPS) is 12.4. The smallest absolute Gasteiger partial charge is 0.125 e. The number of benzene rings is 1. The summed E-state index contributed by atoms with van der Waals surface area (Å²) in [6.45, 7) is 9.17. The molecule has 0 aliphatic rings. The Kier molecular flexibility index (Phi) is 7.59. The molecule has 0 saturated heterocycles. The number of rotatable bonds is 9. The van der Waals surface area contributed by atoms with Gasteiger partial charge in [0.1, 0.15) is 12.4 Å². The molecule has 0 aliphatic heterocycles. The van der Waals surface area contributed by atoms with Gasteiger partial charge in [0.2, 0.25) is 0 Å². The van der Waals surface area contributed by atoms with Crippen molar-refractivity contribution in [1.82, 2.24) is 5.32 Å². The summed E-state index contributed by atoms with van der Waals surface area (Å²) in [6.07, 6.45) is 0.101. The first kappa shape index (κ1) is 17.0. The molecule has 0 aliphatic carbocycles. The summed E-state index contributed by atoms with van der Waals surface area (Å²) in [5.41, 5.74) is 3.59. The molecule has 20 heavy (non-hydrogen) atoms. The van der Waals surface area contributed by atoms with Crippen LogP contribution in [0.3, 0.4) is 0 Å². The standard InChI is InChI=1S/C16H27NO3/c1-12-8-15(10-17-6-7-18-4)9-13(2)16(12)20-11-14(3)19-5/h8-9,14,17H,6-7,10-11H2,1-5H3. The van der Waals surface area contributed by atoms with Crippen molar-refractivity contribution in [3.8, 4) is 5.75 Å². The highest BCUT2D eigenvalue weighted by atomic mass is 16.5. The molecule has 0 fully saturated rings. The van der Waals surface area contributed by atoms with Gasteiger partial charge in [0.25, 0.3) is 0 Å². The molecule has 0 spiro atoms. The van der Waals surface area contributed by atoms with Crippen LogP contribution < -0.4 is 10.1 Å². The maximum absolute atomic E-state index is 5.85. The maximum atomic E-state index is 5.85. The maximum Gasteiger partial charge on any atom is 0.125 e. The molecule has 4 heteroatoms. The van der Waals surface area contributed by atoms with Crippen LogP contribution in [0, 0.1) is 13.8 Å². The third-order valence-electron chi connectivity index (χ3n) is 3.20. The van der Waals surface area contributed by atoms with E-state index in [2.05, 4.69) is 31.3 Å². The van der Waals surface area contributed by atoms with E-state index in [1.807, 2.05) is 6.92 Å². The lowest BCUT2D eigenvalue weighted by atomic mass is 10.1. The van der Waals surface area contributed by atoms with E-state index in [0.29, 0.717) is 6.61 Å². The number of aryl methyl sites for hydroxylation is 2. The Bertz CT molecular complexity index is 384. The minimum Gasteiger partial charge on any atom is -0.490 e. The summed E-state index contributed by atoms with van der Waals surface area (Å²) in [4.78, 5) is 0. The van der Waals surface area contributed by atoms with E-state index in [-0.39, 0.29) is 6.10 Å². The van der Waals surface area contributed by atoms with Crippen LogP contribution in [0.5, 0.6) is 5.75 Å². The summed E-state index contributed by atoms with van der Waals surface area (Å²) in [5.74, 6) is 0.967. The predicted octanol–water partition coefficient (Wildman–Crippen LogP) is 2.45. The van der Waals surface area contributed by atoms with E-state index < -0.39 is 0 Å². The lowest BCUT2D eigenvalue weighted by molar-refractivity contribution is 0.0711. The number of methoxy groups -OCH3 is 2. The molecule has 0 radical (unpaired) electrons. The van der Waals surface area contributed by atoms with Gasteiger partial charge in [-0.05, 0) is 37.5 Å². The average Bonchev–Trinajstić information content (AvgIpc) is 2.42. The van der Waals surface area contributed by atoms with E-state index >= 15 is 0 Å². The Hall–Kier alpha value is -1.10. The second-order valence-corrected chi connectivity index (χ2v) is 5.09. The second kappa shape index (κ2) is 8.95. The highest BCUT2D eigenvalue weighted by Crippen LogP contribution is 2.25. The Morgan fingerprint density at radius 3 is 2.35 bits per heavy atom. The fourth-order valence-corrected chi connectivity index (χ4v) is 2.05. The van der Waals surface area contributed by atoms with Gasteiger partial charge in [0, 0.05) is 27.3 Å². The summed E-state index contributed by atoms with van der Waals surface area (Å²) in [5, 5.41) is 3.35. The van der Waals surface area contributed by atoms with Crippen molar-refractivity contribution in [3.63, 3.8) is 0 Å². The Morgan fingerprint density at radius 2 is 1.80 bits per heavy atom. The lowest BCUT2D eigenvalue weighted by Crippen LogP contribution is -2.19. The highest BCUT2D eigenvalue weighted by Gasteiger charge is 2.08. The summed E-state index contributed by atoms with van der Waals surface area (Å²) in [6, 6.07) is 4.33. The zero-order valence-corrected chi connectivity index (χ0v) is 13.3. The fourth-order valence-electron chi connectivity index (χ4n) is 2.05. The molecule has 1 atom stereocenters. The van der Waals surface area contributed by atoms with Crippen molar-refractivity contribution in [2.24, 2.45) is 0 Å². The van der Waals surface area contributed by atoms with E-state index in [0.717, 1.165) is 36.6 Å². The summed E-state index contributed by atoms with van der Waals surface area (Å²) >= 11 is 0. The van der Waals surface area contributed by atoms with Gasteiger partial charge >= 0.3 is 0 Å². The lowest BCUT2D eigenvalue weighted by Gasteiger charge is -2.17. The molecule has 0 bridgehead atoms. The quantitative estimate of drug-likeness (QED) is 0.706. The minimum atomic E-state index is 0.101. The molecule has 1 aromatic rings. The summed E-state index contributed by atoms with van der Waals surface area (Å²) in [7, 11) is 3.41. The number of ether oxygens (including phenoxy) is 3. The van der Waals surface area contributed by atoms with Crippen molar-refractivity contribution in [1.29, 1.82) is 0 Å². The molecule has 1 unspecified atom stereocenters. The average molecular weight is 281 g/mol. The van der Waals surface area contributed by atoms with E-state index in [9.17, 15) is 0 Å². The van der Waals surface area contributed by atoms with Crippen molar-refractivity contribution in [2.75, 3.05) is 34.0 Å². The van der Waals surface area contributed by atoms with Crippen LogP contribution in [0.4, 0.5) is 0 Å². The number of hydrogen-bond acceptors (Lipinski definition) is 4. The highest BCUT2D eigenvalue weighted by molar-refractivity contribution is 5.43. The van der Waals surface area contributed by atoms with Gasteiger partial charge in [-0.25, -0.2) is 0 Å². The molecular weight excluding hydrogens is 254 g/mol. The van der Waals surface area contributed by atoms with E-state index in [1.165, 1.54) is 5.56 Å². The molecule has 1 N–H and O–H groups in total. The fraction of sp³-hybridized carbons (Fsp3) is 0.625. The minimum absolute atomic E-state index is 0.101. The monoisotopic (exact) mass is 281 g/mol. The van der Waals surface area contributed by atoms with E-state index in [4.69, 9.17) is 14.2 Å². The van der Waals surface area contributed by atoms with Crippen LogP contribution in [0.25, 0.3) is 0 Å². The van der Waals surface area contributed by atoms with Crippen molar-refractivity contribution >= 4 is 0 Å². The molecule has 1 rings (SSSR count). The molecule has 0 heterocycles. The van der Waals surface area contributed by atoms with Crippen LogP contribution >= 0.6 is 0 Å². The van der Waals surface area contributed by atoms with Gasteiger partial charge in [0.15, 0.2) is 0 Å². The van der Waals surface area contributed by atoms with Crippen molar-refractivity contribution in [2.45, 2.75) is 33.4 Å². The third-order valence-corrected chi connectivity index (χ3v) is 3.20. The van der Waals surface area contributed by atoms with Crippen molar-refractivity contribution < 1.29 is 14.2 Å². The summed E-state index contributed by atoms with van der Waals surface area (Å²) < 4.78 is 16.1. The third kappa shape index (κ3) is 5.49. The van der Waals surface area contributed by atoms with Crippen LogP contribution in [0.1, 0.15) is 23.6 Å². The Morgan fingerprint density at radius 1 is 1.15 bits per heavy atom. The Labute approximate surface area is 122 Å². The first-order chi connectivity index (χ1) is 9.58. The van der Waals surface area contributed by atoms with Gasteiger partial charge in [0.05, 0.1) is 12.7 Å². The van der Waals surface area contributed by atoms with Crippen molar-refractivity contribution in [3.05, 3.63) is 28.8 Å². The predicted molar refractivity (Wildman–Crippen MR) is 81.5 cm³/mol. The molecule has 4 nitrogen and oxygen atoms in total. The van der Waals surface area contributed by atoms with Gasteiger partial charge in [-0.1, -0.05) is 12.1 Å². The Balaban J connectivity index is 2.61. The zero-order valence-electron chi connectivity index (χ0n) is 13.3. The molecule has 0 amide bonds. The van der Waals surface area contributed by atoms with Gasteiger partial charge in [-0.3, -0.25) is 0 Å². The molecule has 1 aromatic carbocycles. The largest absolute Gasteiger partial charge is 0.490 e. The number of nitrogens with one attached hydrogen (secondary N) is 1.